The largest absolute Gasteiger partial charge is 0.289 e. The molecule has 0 N–H and O–H groups in total. The number of allylic oxidation sites excluding steroid dienone is 4. The van der Waals surface area contributed by atoms with Gasteiger partial charge in [0.15, 0.2) is 5.78 Å². The lowest BCUT2D eigenvalue weighted by Crippen LogP contribution is -2.07. The second kappa shape index (κ2) is 12.6. The summed E-state index contributed by atoms with van der Waals surface area (Å²) in [5.74, 6) is 13.5. The number of Topliss-reactive ketones (excluding diaryl/α,β-unsaturated/α-hetero) is 1. The molecule has 0 bridgehead atoms. The van der Waals surface area contributed by atoms with Crippen LogP contribution in [-0.2, 0) is 30.5 Å². The van der Waals surface area contributed by atoms with Crippen LogP contribution < -0.4 is 0 Å². The molecule has 0 aliphatic heterocycles. The summed E-state index contributed by atoms with van der Waals surface area (Å²) >= 11 is 0. The van der Waals surface area contributed by atoms with Gasteiger partial charge in [-0.25, -0.2) is 0 Å². The molecular formula is C49H32O. The molecule has 234 valence electrons. The fourth-order valence-electron chi connectivity index (χ4n) is 7.21. The van der Waals surface area contributed by atoms with E-state index in [1.807, 2.05) is 60.7 Å². The maximum absolute atomic E-state index is 14.7. The predicted octanol–water partition coefficient (Wildman–Crippen LogP) is 9.79. The monoisotopic (exact) mass is 636 g/mol. The molecule has 3 aliphatic rings. The van der Waals surface area contributed by atoms with Gasteiger partial charge in [-0.2, -0.15) is 0 Å². The zero-order valence-corrected chi connectivity index (χ0v) is 27.6. The summed E-state index contributed by atoms with van der Waals surface area (Å²) in [6.07, 6.45) is 4.63. The molecule has 6 aromatic rings. The van der Waals surface area contributed by atoms with E-state index in [2.05, 4.69) is 109 Å². The Morgan fingerprint density at radius 1 is 0.320 bits per heavy atom. The minimum atomic E-state index is 0.0292. The van der Waals surface area contributed by atoms with Crippen molar-refractivity contribution in [2.75, 3.05) is 0 Å². The Kier molecular flexibility index (Phi) is 7.46. The highest BCUT2D eigenvalue weighted by Crippen LogP contribution is 2.49. The first-order chi connectivity index (χ1) is 24.7. The van der Waals surface area contributed by atoms with Crippen molar-refractivity contribution in [2.45, 2.75) is 25.7 Å². The van der Waals surface area contributed by atoms with Crippen molar-refractivity contribution in [1.82, 2.24) is 0 Å². The first-order valence-corrected chi connectivity index (χ1v) is 17.3. The van der Waals surface area contributed by atoms with Gasteiger partial charge in [0.1, 0.15) is 0 Å². The summed E-state index contributed by atoms with van der Waals surface area (Å²) in [5, 5.41) is 0. The fraction of sp³-hybridized carbons (Fsp3) is 0.0816. The van der Waals surface area contributed by atoms with Gasteiger partial charge in [0.05, 0.1) is 0 Å². The third-order valence-electron chi connectivity index (χ3n) is 10.1. The zero-order valence-electron chi connectivity index (χ0n) is 27.6. The SMILES string of the molecule is O=C1C(c2ccccc2)=C(c2ccc(C#Cc3ccc4c(c3)CC4)cc2)C(c2ccc(C#Cc3ccc4c(c3)CC4)cc2)=C1c1ccccc1. The number of hydrogen-bond donors (Lipinski definition) is 0. The molecule has 0 fully saturated rings. The highest BCUT2D eigenvalue weighted by Gasteiger charge is 2.35. The lowest BCUT2D eigenvalue weighted by atomic mass is 9.87. The molecule has 0 heterocycles. The summed E-state index contributed by atoms with van der Waals surface area (Å²) in [4.78, 5) is 14.7. The van der Waals surface area contributed by atoms with Crippen molar-refractivity contribution in [2.24, 2.45) is 0 Å². The normalized spacial score (nSPS) is 14.0. The summed E-state index contributed by atoms with van der Waals surface area (Å²) < 4.78 is 0. The van der Waals surface area contributed by atoms with Crippen molar-refractivity contribution in [1.29, 1.82) is 0 Å². The van der Waals surface area contributed by atoms with Crippen LogP contribution in [0.15, 0.2) is 146 Å². The van der Waals surface area contributed by atoms with E-state index in [4.69, 9.17) is 0 Å². The van der Waals surface area contributed by atoms with E-state index in [0.29, 0.717) is 11.1 Å². The van der Waals surface area contributed by atoms with Gasteiger partial charge in [0.2, 0.25) is 0 Å². The number of ketones is 1. The number of aryl methyl sites for hydroxylation is 4. The molecule has 0 atom stereocenters. The number of fused-ring (bicyclic) bond motifs is 2. The molecule has 0 unspecified atom stereocenters. The van der Waals surface area contributed by atoms with Crippen LogP contribution in [0.4, 0.5) is 0 Å². The van der Waals surface area contributed by atoms with Crippen LogP contribution in [0.3, 0.4) is 0 Å². The van der Waals surface area contributed by atoms with E-state index in [0.717, 1.165) is 68.5 Å². The standard InChI is InChI=1S/C49H32O/c50-49-47(39-7-3-1-4-8-39)45(41-23-15-33(16-24-41)11-13-35-19-21-37-27-29-43(37)31-35)46(48(49)40-9-5-2-6-10-40)42-25-17-34(18-26-42)12-14-36-20-22-38-28-30-44(38)32-36/h1-10,15-26,31-32H,27-30H2. The Bertz CT molecular complexity index is 2330. The van der Waals surface area contributed by atoms with E-state index in [-0.39, 0.29) is 5.78 Å². The van der Waals surface area contributed by atoms with Crippen LogP contribution in [0.25, 0.3) is 22.3 Å². The van der Waals surface area contributed by atoms with E-state index in [9.17, 15) is 4.79 Å². The fourth-order valence-corrected chi connectivity index (χ4v) is 7.21. The Morgan fingerprint density at radius 2 is 0.660 bits per heavy atom. The van der Waals surface area contributed by atoms with E-state index in [1.54, 1.807) is 0 Å². The quantitative estimate of drug-likeness (QED) is 0.176. The van der Waals surface area contributed by atoms with Crippen LogP contribution in [0.1, 0.15) is 66.8 Å². The van der Waals surface area contributed by atoms with Gasteiger partial charge in [-0.1, -0.05) is 121 Å². The number of hydrogen-bond acceptors (Lipinski definition) is 1. The van der Waals surface area contributed by atoms with Crippen LogP contribution in [0, 0.1) is 23.7 Å². The lowest BCUT2D eigenvalue weighted by Gasteiger charge is -2.17. The highest BCUT2D eigenvalue weighted by molar-refractivity contribution is 6.59. The smallest absolute Gasteiger partial charge is 0.195 e. The molecular weight excluding hydrogens is 605 g/mol. The molecule has 0 amide bonds. The average molecular weight is 637 g/mol. The van der Waals surface area contributed by atoms with E-state index < -0.39 is 0 Å². The molecule has 1 heteroatoms. The van der Waals surface area contributed by atoms with E-state index in [1.165, 1.54) is 35.1 Å². The number of carbonyl (C=O) groups is 1. The first-order valence-electron chi connectivity index (χ1n) is 17.3. The minimum absolute atomic E-state index is 0.0292. The summed E-state index contributed by atoms with van der Waals surface area (Å²) in [6, 6.07) is 49.8. The number of carbonyl (C=O) groups excluding carboxylic acids is 1. The van der Waals surface area contributed by atoms with Crippen LogP contribution in [0.5, 0.6) is 0 Å². The van der Waals surface area contributed by atoms with Crippen molar-refractivity contribution in [3.05, 3.63) is 212 Å². The molecule has 50 heavy (non-hydrogen) atoms. The molecule has 9 rings (SSSR count). The molecule has 3 aliphatic carbocycles. The Hall–Kier alpha value is -6.41. The van der Waals surface area contributed by atoms with Crippen LogP contribution in [-0.4, -0.2) is 5.78 Å². The maximum Gasteiger partial charge on any atom is 0.195 e. The predicted molar refractivity (Wildman–Crippen MR) is 204 cm³/mol. The molecule has 0 saturated heterocycles. The minimum Gasteiger partial charge on any atom is -0.289 e. The third-order valence-corrected chi connectivity index (χ3v) is 10.1. The topological polar surface area (TPSA) is 17.1 Å². The maximum atomic E-state index is 14.7. The molecule has 0 aromatic heterocycles. The zero-order chi connectivity index (χ0) is 33.4. The van der Waals surface area contributed by atoms with Gasteiger partial charge >= 0.3 is 0 Å². The van der Waals surface area contributed by atoms with Gasteiger partial charge < -0.3 is 0 Å². The molecule has 0 spiro atoms. The van der Waals surface area contributed by atoms with Gasteiger partial charge in [-0.15, -0.1) is 0 Å². The molecule has 6 aromatic carbocycles. The summed E-state index contributed by atoms with van der Waals surface area (Å²) in [6.45, 7) is 0. The lowest BCUT2D eigenvalue weighted by molar-refractivity contribution is -0.108. The molecule has 0 saturated carbocycles. The Morgan fingerprint density at radius 3 is 1.02 bits per heavy atom. The van der Waals surface area contributed by atoms with Crippen molar-refractivity contribution in [3.8, 4) is 23.7 Å². The van der Waals surface area contributed by atoms with Gasteiger partial charge in [0.25, 0.3) is 0 Å². The first kappa shape index (κ1) is 29.7. The number of benzene rings is 6. The Labute approximate surface area is 293 Å². The van der Waals surface area contributed by atoms with Crippen molar-refractivity contribution >= 4 is 28.1 Å². The summed E-state index contributed by atoms with van der Waals surface area (Å²) in [5.41, 5.74) is 16.7. The highest BCUT2D eigenvalue weighted by atomic mass is 16.1. The van der Waals surface area contributed by atoms with Gasteiger partial charge in [-0.3, -0.25) is 4.79 Å². The third kappa shape index (κ3) is 5.50. The summed E-state index contributed by atoms with van der Waals surface area (Å²) in [7, 11) is 0. The van der Waals surface area contributed by atoms with Gasteiger partial charge in [-0.05, 0) is 119 Å². The van der Waals surface area contributed by atoms with Crippen LogP contribution >= 0.6 is 0 Å². The van der Waals surface area contributed by atoms with Crippen molar-refractivity contribution < 1.29 is 4.79 Å². The number of rotatable bonds is 4. The second-order valence-electron chi connectivity index (χ2n) is 13.2. The average Bonchev–Trinajstić information content (AvgIpc) is 3.45. The van der Waals surface area contributed by atoms with E-state index >= 15 is 0 Å². The van der Waals surface area contributed by atoms with Gasteiger partial charge in [0, 0.05) is 44.5 Å². The Balaban J connectivity index is 1.14. The second-order valence-corrected chi connectivity index (χ2v) is 13.2. The van der Waals surface area contributed by atoms with Crippen LogP contribution in [0.2, 0.25) is 0 Å². The van der Waals surface area contributed by atoms with Crippen molar-refractivity contribution in [3.63, 3.8) is 0 Å². The molecule has 1 nitrogen and oxygen atoms in total. The molecule has 0 radical (unpaired) electrons.